The van der Waals surface area contributed by atoms with Gasteiger partial charge in [-0.15, -0.1) is 0 Å². The number of rotatable bonds is 1. The van der Waals surface area contributed by atoms with Crippen LogP contribution in [0.3, 0.4) is 0 Å². The fourth-order valence-corrected chi connectivity index (χ4v) is 3.33. The topological polar surface area (TPSA) is 41.6 Å². The molecule has 1 aliphatic heterocycles. The predicted octanol–water partition coefficient (Wildman–Crippen LogP) is 1.73. The summed E-state index contributed by atoms with van der Waals surface area (Å²) in [4.78, 5) is 6.97. The molecule has 3 nitrogen and oxygen atoms in total. The molecule has 0 aromatic rings. The molecule has 3 heteroatoms. The van der Waals surface area contributed by atoms with E-state index in [1.807, 2.05) is 0 Å². The SMILES string of the molecule is NC(=NC1CCC12CCCC2)N1CCC1. The average molecular weight is 207 g/mol. The Morgan fingerprint density at radius 2 is 1.87 bits per heavy atom. The van der Waals surface area contributed by atoms with E-state index in [-0.39, 0.29) is 0 Å². The van der Waals surface area contributed by atoms with Crippen LogP contribution < -0.4 is 5.73 Å². The number of hydrogen-bond donors (Lipinski definition) is 1. The van der Waals surface area contributed by atoms with E-state index in [0.717, 1.165) is 19.0 Å². The van der Waals surface area contributed by atoms with Crippen LogP contribution in [0.4, 0.5) is 0 Å². The van der Waals surface area contributed by atoms with Gasteiger partial charge in [-0.2, -0.15) is 0 Å². The Kier molecular flexibility index (Phi) is 2.15. The van der Waals surface area contributed by atoms with Gasteiger partial charge in [-0.1, -0.05) is 12.8 Å². The summed E-state index contributed by atoms with van der Waals surface area (Å²) < 4.78 is 0. The van der Waals surface area contributed by atoms with Crippen molar-refractivity contribution in [2.75, 3.05) is 13.1 Å². The number of guanidine groups is 1. The fraction of sp³-hybridized carbons (Fsp3) is 0.917. The van der Waals surface area contributed by atoms with Crippen molar-refractivity contribution in [3.05, 3.63) is 0 Å². The van der Waals surface area contributed by atoms with E-state index < -0.39 is 0 Å². The zero-order valence-corrected chi connectivity index (χ0v) is 9.41. The third kappa shape index (κ3) is 1.44. The van der Waals surface area contributed by atoms with Crippen molar-refractivity contribution in [1.29, 1.82) is 0 Å². The van der Waals surface area contributed by atoms with Crippen molar-refractivity contribution in [2.45, 2.75) is 51.0 Å². The van der Waals surface area contributed by atoms with Crippen LogP contribution >= 0.6 is 0 Å². The molecule has 1 unspecified atom stereocenters. The van der Waals surface area contributed by atoms with Crippen LogP contribution in [-0.4, -0.2) is 30.0 Å². The molecule has 3 fully saturated rings. The van der Waals surface area contributed by atoms with Crippen LogP contribution in [0.2, 0.25) is 0 Å². The molecule has 1 atom stereocenters. The van der Waals surface area contributed by atoms with Gasteiger partial charge in [0.25, 0.3) is 0 Å². The lowest BCUT2D eigenvalue weighted by Crippen LogP contribution is -2.49. The smallest absolute Gasteiger partial charge is 0.191 e. The molecular weight excluding hydrogens is 186 g/mol. The maximum absolute atomic E-state index is 6.02. The van der Waals surface area contributed by atoms with Gasteiger partial charge in [-0.25, -0.2) is 4.99 Å². The van der Waals surface area contributed by atoms with Crippen LogP contribution in [-0.2, 0) is 0 Å². The van der Waals surface area contributed by atoms with Crippen LogP contribution in [0.15, 0.2) is 4.99 Å². The Labute approximate surface area is 91.7 Å². The molecular formula is C12H21N3. The van der Waals surface area contributed by atoms with Gasteiger partial charge in [0.15, 0.2) is 5.96 Å². The van der Waals surface area contributed by atoms with Crippen LogP contribution in [0.25, 0.3) is 0 Å². The Morgan fingerprint density at radius 1 is 1.13 bits per heavy atom. The monoisotopic (exact) mass is 207 g/mol. The standard InChI is InChI=1S/C12H21N3/c13-11(15-8-3-9-15)14-10-4-7-12(10)5-1-2-6-12/h10H,1-9H2,(H2,13,14). The van der Waals surface area contributed by atoms with Crippen molar-refractivity contribution in [3.63, 3.8) is 0 Å². The number of nitrogens with zero attached hydrogens (tertiary/aromatic N) is 2. The highest BCUT2D eigenvalue weighted by molar-refractivity contribution is 5.79. The summed E-state index contributed by atoms with van der Waals surface area (Å²) in [5.41, 5.74) is 6.60. The molecule has 1 spiro atoms. The number of hydrogen-bond acceptors (Lipinski definition) is 1. The van der Waals surface area contributed by atoms with Gasteiger partial charge < -0.3 is 10.6 Å². The van der Waals surface area contributed by atoms with E-state index in [2.05, 4.69) is 4.90 Å². The van der Waals surface area contributed by atoms with E-state index in [4.69, 9.17) is 10.7 Å². The Morgan fingerprint density at radius 3 is 2.33 bits per heavy atom. The second-order valence-corrected chi connectivity index (χ2v) is 5.45. The molecule has 0 aromatic carbocycles. The minimum Gasteiger partial charge on any atom is -0.370 e. The zero-order valence-electron chi connectivity index (χ0n) is 9.41. The summed E-state index contributed by atoms with van der Waals surface area (Å²) in [7, 11) is 0. The summed E-state index contributed by atoms with van der Waals surface area (Å²) in [6.45, 7) is 2.24. The van der Waals surface area contributed by atoms with E-state index in [1.54, 1.807) is 0 Å². The molecule has 1 heterocycles. The quantitative estimate of drug-likeness (QED) is 0.525. The van der Waals surface area contributed by atoms with Gasteiger partial charge in [0.2, 0.25) is 0 Å². The first-order chi connectivity index (χ1) is 7.30. The predicted molar refractivity (Wildman–Crippen MR) is 61.7 cm³/mol. The number of aliphatic imine (C=N–C) groups is 1. The molecule has 0 radical (unpaired) electrons. The fourth-order valence-electron chi connectivity index (χ4n) is 3.33. The van der Waals surface area contributed by atoms with Crippen LogP contribution in [0.1, 0.15) is 44.9 Å². The molecule has 0 amide bonds. The second kappa shape index (κ2) is 3.39. The van der Waals surface area contributed by atoms with Crippen LogP contribution in [0.5, 0.6) is 0 Å². The largest absolute Gasteiger partial charge is 0.370 e. The van der Waals surface area contributed by atoms with Crippen molar-refractivity contribution < 1.29 is 0 Å². The lowest BCUT2D eigenvalue weighted by Gasteiger charge is -2.46. The van der Waals surface area contributed by atoms with Gasteiger partial charge >= 0.3 is 0 Å². The van der Waals surface area contributed by atoms with Gasteiger partial charge in [0, 0.05) is 13.1 Å². The molecule has 2 N–H and O–H groups in total. The van der Waals surface area contributed by atoms with Crippen molar-refractivity contribution in [3.8, 4) is 0 Å². The summed E-state index contributed by atoms with van der Waals surface area (Å²) >= 11 is 0. The second-order valence-electron chi connectivity index (χ2n) is 5.45. The number of likely N-dealkylation sites (tertiary alicyclic amines) is 1. The molecule has 3 aliphatic rings. The Hall–Kier alpha value is -0.730. The van der Waals surface area contributed by atoms with Gasteiger partial charge in [-0.3, -0.25) is 0 Å². The van der Waals surface area contributed by atoms with Gasteiger partial charge in [-0.05, 0) is 37.5 Å². The highest BCUT2D eigenvalue weighted by Gasteiger charge is 2.48. The Bertz CT molecular complexity index is 275. The molecule has 2 saturated carbocycles. The minimum atomic E-state index is 0.556. The van der Waals surface area contributed by atoms with E-state index in [9.17, 15) is 0 Å². The normalized spacial score (nSPS) is 34.0. The van der Waals surface area contributed by atoms with Crippen LogP contribution in [0, 0.1) is 5.41 Å². The first kappa shape index (κ1) is 9.49. The molecule has 3 rings (SSSR count). The highest BCUT2D eigenvalue weighted by atomic mass is 15.3. The molecule has 0 aromatic heterocycles. The Balaban J connectivity index is 1.67. The van der Waals surface area contributed by atoms with Gasteiger partial charge in [0.1, 0.15) is 0 Å². The average Bonchev–Trinajstić information content (AvgIpc) is 2.60. The molecule has 0 bridgehead atoms. The molecule has 84 valence electrons. The zero-order chi connectivity index (χ0) is 10.3. The molecule has 2 aliphatic carbocycles. The minimum absolute atomic E-state index is 0.556. The first-order valence-corrected chi connectivity index (χ1v) is 6.38. The van der Waals surface area contributed by atoms with Gasteiger partial charge in [0.05, 0.1) is 6.04 Å². The van der Waals surface area contributed by atoms with Crippen molar-refractivity contribution in [2.24, 2.45) is 16.1 Å². The maximum atomic E-state index is 6.02. The third-order valence-electron chi connectivity index (χ3n) is 4.69. The summed E-state index contributed by atoms with van der Waals surface area (Å²) in [5, 5.41) is 0. The lowest BCUT2D eigenvalue weighted by atomic mass is 9.63. The van der Waals surface area contributed by atoms with E-state index in [0.29, 0.717) is 11.5 Å². The lowest BCUT2D eigenvalue weighted by molar-refractivity contribution is 0.102. The highest BCUT2D eigenvalue weighted by Crippen LogP contribution is 2.54. The first-order valence-electron chi connectivity index (χ1n) is 6.38. The summed E-state index contributed by atoms with van der Waals surface area (Å²) in [5.74, 6) is 0.817. The molecule has 1 saturated heterocycles. The van der Waals surface area contributed by atoms with E-state index in [1.165, 1.54) is 44.9 Å². The number of nitrogens with two attached hydrogens (primary N) is 1. The van der Waals surface area contributed by atoms with E-state index >= 15 is 0 Å². The summed E-state index contributed by atoms with van der Waals surface area (Å²) in [6.07, 6.45) is 9.57. The van der Waals surface area contributed by atoms with Crippen molar-refractivity contribution in [1.82, 2.24) is 4.90 Å². The third-order valence-corrected chi connectivity index (χ3v) is 4.69. The maximum Gasteiger partial charge on any atom is 0.191 e. The van der Waals surface area contributed by atoms with Crippen molar-refractivity contribution >= 4 is 5.96 Å². The molecule has 15 heavy (non-hydrogen) atoms. The summed E-state index contributed by atoms with van der Waals surface area (Å²) in [6, 6.07) is 0.556.